The van der Waals surface area contributed by atoms with Gasteiger partial charge in [0, 0.05) is 40.7 Å². The van der Waals surface area contributed by atoms with E-state index in [1.807, 2.05) is 12.3 Å². The molecule has 1 saturated carbocycles. The number of rotatable bonds is 6. The van der Waals surface area contributed by atoms with Crippen LogP contribution in [0.4, 0.5) is 24.8 Å². The number of alkyl halides is 3. The Bertz CT molecular complexity index is 1440. The second-order valence-electron chi connectivity index (χ2n) is 9.41. The van der Waals surface area contributed by atoms with Gasteiger partial charge in [-0.05, 0) is 56.7 Å². The lowest BCUT2D eigenvalue weighted by Gasteiger charge is -2.35. The van der Waals surface area contributed by atoms with Crippen LogP contribution in [0.15, 0.2) is 42.9 Å². The van der Waals surface area contributed by atoms with Gasteiger partial charge in [0.2, 0.25) is 5.95 Å². The number of carbonyl (C=O) groups is 1. The van der Waals surface area contributed by atoms with E-state index >= 15 is 0 Å². The number of thiazole rings is 1. The molecule has 1 atom stereocenters. The molecular formula is C25H24F3N5O3S. The summed E-state index contributed by atoms with van der Waals surface area (Å²) in [7, 11) is 0. The first-order valence-electron chi connectivity index (χ1n) is 11.7. The van der Waals surface area contributed by atoms with Crippen LogP contribution >= 0.6 is 11.3 Å². The van der Waals surface area contributed by atoms with Gasteiger partial charge in [-0.3, -0.25) is 4.79 Å². The second kappa shape index (κ2) is 9.42. The summed E-state index contributed by atoms with van der Waals surface area (Å²) in [4.78, 5) is 27.2. The minimum absolute atomic E-state index is 0.0724. The molecule has 8 nitrogen and oxygen atoms in total. The molecule has 3 aromatic heterocycles. The molecule has 37 heavy (non-hydrogen) atoms. The third-order valence-corrected chi connectivity index (χ3v) is 8.22. The van der Waals surface area contributed by atoms with Crippen LogP contribution in [0.1, 0.15) is 43.3 Å². The lowest BCUT2D eigenvalue weighted by molar-refractivity contribution is -0.144. The lowest BCUT2D eigenvalue weighted by Crippen LogP contribution is -2.35. The molecule has 12 heteroatoms. The van der Waals surface area contributed by atoms with E-state index in [-0.39, 0.29) is 17.8 Å². The molecule has 1 aliphatic carbocycles. The molecule has 0 bridgehead atoms. The number of nitrogens with zero attached hydrogens (tertiary/aromatic N) is 3. The van der Waals surface area contributed by atoms with Crippen LogP contribution in [0.25, 0.3) is 21.3 Å². The van der Waals surface area contributed by atoms with E-state index < -0.39 is 23.4 Å². The number of aromatic amines is 1. The average Bonchev–Trinajstić information content (AvgIpc) is 3.51. The van der Waals surface area contributed by atoms with Crippen molar-refractivity contribution < 1.29 is 28.2 Å². The van der Waals surface area contributed by atoms with Gasteiger partial charge in [0.05, 0.1) is 10.8 Å². The van der Waals surface area contributed by atoms with E-state index in [4.69, 9.17) is 0 Å². The van der Waals surface area contributed by atoms with E-state index in [1.54, 1.807) is 25.3 Å². The molecule has 1 aromatic carbocycles. The fraction of sp³-hybridized carbons (Fsp3) is 0.360. The van der Waals surface area contributed by atoms with Crippen LogP contribution in [0.3, 0.4) is 0 Å². The number of H-pyrrole nitrogens is 1. The van der Waals surface area contributed by atoms with Gasteiger partial charge in [0.15, 0.2) is 0 Å². The smallest absolute Gasteiger partial charge is 0.433 e. The zero-order valence-electron chi connectivity index (χ0n) is 19.7. The number of nitrogens with one attached hydrogen (secondary N) is 2. The Balaban J connectivity index is 1.34. The SMILES string of the molecule is C[C@](O)(c1ncc(-c2c[nH]c3cc(Nc4nccc(C(F)(F)F)n4)ccc23)s1)C1CCC(C(=O)O)CC1. The third-order valence-electron chi connectivity index (χ3n) is 6.96. The number of benzene rings is 1. The van der Waals surface area contributed by atoms with E-state index in [9.17, 15) is 28.2 Å². The number of aromatic nitrogens is 4. The Labute approximate surface area is 213 Å². The van der Waals surface area contributed by atoms with Crippen molar-refractivity contribution in [2.45, 2.75) is 44.4 Å². The molecule has 0 unspecified atom stereocenters. The minimum atomic E-state index is -4.56. The first kappa shape index (κ1) is 25.2. The van der Waals surface area contributed by atoms with Crippen molar-refractivity contribution in [3.05, 3.63) is 53.6 Å². The van der Waals surface area contributed by atoms with Gasteiger partial charge < -0.3 is 20.5 Å². The molecule has 0 amide bonds. The fourth-order valence-electron chi connectivity index (χ4n) is 4.82. The predicted molar refractivity (Wildman–Crippen MR) is 132 cm³/mol. The Kier molecular flexibility index (Phi) is 6.40. The number of halogens is 3. The van der Waals surface area contributed by atoms with Gasteiger partial charge >= 0.3 is 12.1 Å². The van der Waals surface area contributed by atoms with Crippen molar-refractivity contribution in [3.8, 4) is 10.4 Å². The molecule has 1 fully saturated rings. The molecule has 5 rings (SSSR count). The number of aliphatic carboxylic acids is 1. The van der Waals surface area contributed by atoms with Crippen LogP contribution in [0, 0.1) is 11.8 Å². The Morgan fingerprint density at radius 2 is 1.92 bits per heavy atom. The van der Waals surface area contributed by atoms with Gasteiger partial charge in [0.1, 0.15) is 16.3 Å². The summed E-state index contributed by atoms with van der Waals surface area (Å²) in [5.74, 6) is -1.37. The number of aliphatic hydroxyl groups is 1. The second-order valence-corrected chi connectivity index (χ2v) is 10.4. The van der Waals surface area contributed by atoms with Crippen molar-refractivity contribution >= 4 is 39.8 Å². The van der Waals surface area contributed by atoms with Crippen molar-refractivity contribution in [2.24, 2.45) is 11.8 Å². The maximum Gasteiger partial charge on any atom is 0.433 e. The minimum Gasteiger partial charge on any atom is -0.481 e. The number of hydrogen-bond donors (Lipinski definition) is 4. The van der Waals surface area contributed by atoms with Crippen LogP contribution in [-0.4, -0.2) is 36.1 Å². The standard InChI is InChI=1S/C25H24F3N5O3S/c1-24(36,14-4-2-13(3-5-14)21(34)35)22-31-12-19(37-22)17-11-30-18-10-15(6-7-16(17)18)32-23-29-9-8-20(33-23)25(26,27)28/h6-14,30,36H,2-5H2,1H3,(H,34,35)(H,29,32,33)/t13?,14?,24-/m1/s1. The van der Waals surface area contributed by atoms with Crippen LogP contribution in [0.5, 0.6) is 0 Å². The lowest BCUT2D eigenvalue weighted by atomic mass is 9.74. The maximum absolute atomic E-state index is 12.9. The normalized spacial score (nSPS) is 20.0. The molecule has 4 N–H and O–H groups in total. The summed E-state index contributed by atoms with van der Waals surface area (Å²) in [6.45, 7) is 1.74. The number of hydrogen-bond acceptors (Lipinski definition) is 7. The maximum atomic E-state index is 12.9. The van der Waals surface area contributed by atoms with E-state index in [2.05, 4.69) is 25.3 Å². The highest BCUT2D eigenvalue weighted by Gasteiger charge is 2.40. The molecule has 1 aliphatic rings. The number of anilines is 2. The largest absolute Gasteiger partial charge is 0.481 e. The molecule has 3 heterocycles. The van der Waals surface area contributed by atoms with E-state index in [0.717, 1.165) is 33.6 Å². The third kappa shape index (κ3) is 5.03. The van der Waals surface area contributed by atoms with Gasteiger partial charge in [0.25, 0.3) is 0 Å². The summed E-state index contributed by atoms with van der Waals surface area (Å²) in [5, 5.41) is 24.8. The molecular weight excluding hydrogens is 507 g/mol. The van der Waals surface area contributed by atoms with Gasteiger partial charge in [-0.1, -0.05) is 6.07 Å². The molecule has 0 saturated heterocycles. The summed E-state index contributed by atoms with van der Waals surface area (Å²) in [5.41, 5.74) is -0.0440. The summed E-state index contributed by atoms with van der Waals surface area (Å²) >= 11 is 1.38. The van der Waals surface area contributed by atoms with Crippen molar-refractivity contribution in [1.82, 2.24) is 19.9 Å². The van der Waals surface area contributed by atoms with E-state index in [1.165, 1.54) is 11.3 Å². The van der Waals surface area contributed by atoms with Gasteiger partial charge in [-0.25, -0.2) is 15.0 Å². The van der Waals surface area contributed by atoms with Crippen molar-refractivity contribution in [3.63, 3.8) is 0 Å². The summed E-state index contributed by atoms with van der Waals surface area (Å²) in [6, 6.07) is 6.12. The highest BCUT2D eigenvalue weighted by molar-refractivity contribution is 7.15. The Morgan fingerprint density at radius 1 is 1.16 bits per heavy atom. The number of carboxylic acid groups (broad SMARTS) is 1. The van der Waals surface area contributed by atoms with E-state index in [0.29, 0.717) is 36.4 Å². The van der Waals surface area contributed by atoms with Crippen LogP contribution in [-0.2, 0) is 16.6 Å². The number of carboxylic acids is 1. The Hall–Kier alpha value is -3.51. The quantitative estimate of drug-likeness (QED) is 0.243. The summed E-state index contributed by atoms with van der Waals surface area (Å²) < 4.78 is 38.8. The highest BCUT2D eigenvalue weighted by atomic mass is 32.1. The molecule has 0 radical (unpaired) electrons. The fourth-order valence-corrected chi connectivity index (χ4v) is 5.89. The molecule has 0 spiro atoms. The topological polar surface area (TPSA) is 124 Å². The highest BCUT2D eigenvalue weighted by Crippen LogP contribution is 2.44. The molecule has 194 valence electrons. The summed E-state index contributed by atoms with van der Waals surface area (Å²) in [6.07, 6.45) is 2.35. The predicted octanol–water partition coefficient (Wildman–Crippen LogP) is 5.94. The monoisotopic (exact) mass is 531 g/mol. The molecule has 0 aliphatic heterocycles. The van der Waals surface area contributed by atoms with Crippen LogP contribution < -0.4 is 5.32 Å². The average molecular weight is 532 g/mol. The van der Waals surface area contributed by atoms with Gasteiger partial charge in [-0.2, -0.15) is 13.2 Å². The molecule has 4 aromatic rings. The zero-order chi connectivity index (χ0) is 26.4. The number of fused-ring (bicyclic) bond motifs is 1. The van der Waals surface area contributed by atoms with Crippen molar-refractivity contribution in [2.75, 3.05) is 5.32 Å². The first-order valence-corrected chi connectivity index (χ1v) is 12.5. The van der Waals surface area contributed by atoms with Crippen molar-refractivity contribution in [1.29, 1.82) is 0 Å². The Morgan fingerprint density at radius 3 is 2.62 bits per heavy atom. The zero-order valence-corrected chi connectivity index (χ0v) is 20.5. The van der Waals surface area contributed by atoms with Gasteiger partial charge in [-0.15, -0.1) is 11.3 Å². The van der Waals surface area contributed by atoms with Crippen LogP contribution in [0.2, 0.25) is 0 Å². The first-order chi connectivity index (χ1) is 17.5.